The van der Waals surface area contributed by atoms with Crippen LogP contribution in [0, 0.1) is 5.41 Å². The summed E-state index contributed by atoms with van der Waals surface area (Å²) in [7, 11) is 1.67. The first-order chi connectivity index (χ1) is 7.44. The van der Waals surface area contributed by atoms with Crippen LogP contribution in [0.1, 0.15) is 27.2 Å². The Bertz CT molecular complexity index is 307. The predicted octanol–water partition coefficient (Wildman–Crippen LogP) is 2.44. The molecule has 3 N–H and O–H groups in total. The van der Waals surface area contributed by atoms with E-state index in [1.165, 1.54) is 0 Å². The molecule has 0 atom stereocenters. The van der Waals surface area contributed by atoms with Crippen molar-refractivity contribution in [3.63, 3.8) is 0 Å². The zero-order valence-electron chi connectivity index (χ0n) is 10.6. The average molecular weight is 222 g/mol. The molecule has 0 saturated heterocycles. The summed E-state index contributed by atoms with van der Waals surface area (Å²) < 4.78 is 0. The van der Waals surface area contributed by atoms with E-state index < -0.39 is 0 Å². The second kappa shape index (κ2) is 6.88. The molecule has 0 unspecified atom stereocenters. The molecule has 0 saturated carbocycles. The Labute approximate surface area is 98.0 Å². The second-order valence-corrected chi connectivity index (χ2v) is 4.23. The maximum atomic E-state index is 11.0. The Kier molecular flexibility index (Phi) is 6.23. The Morgan fingerprint density at radius 1 is 1.31 bits per heavy atom. The van der Waals surface area contributed by atoms with Gasteiger partial charge in [-0.3, -0.25) is 4.79 Å². The summed E-state index contributed by atoms with van der Waals surface area (Å²) >= 11 is 0. The summed E-state index contributed by atoms with van der Waals surface area (Å²) in [6.07, 6.45) is 0.882. The number of para-hydroxylation sites is 1. The van der Waals surface area contributed by atoms with Crippen LogP contribution in [0.4, 0.5) is 5.69 Å². The minimum atomic E-state index is -0.200. The first-order valence-electron chi connectivity index (χ1n) is 5.46. The number of carbonyl (C=O) groups is 1. The Morgan fingerprint density at radius 2 is 1.81 bits per heavy atom. The van der Waals surface area contributed by atoms with Gasteiger partial charge in [-0.1, -0.05) is 39.0 Å². The van der Waals surface area contributed by atoms with Crippen LogP contribution in [0.2, 0.25) is 0 Å². The van der Waals surface area contributed by atoms with E-state index in [1.54, 1.807) is 7.05 Å². The minimum absolute atomic E-state index is 0.116. The quantitative estimate of drug-likeness (QED) is 0.755. The van der Waals surface area contributed by atoms with Crippen LogP contribution >= 0.6 is 0 Å². The Hall–Kier alpha value is -1.51. The summed E-state index contributed by atoms with van der Waals surface area (Å²) in [6, 6.07) is 9.49. The molecule has 0 radical (unpaired) electrons. The zero-order chi connectivity index (χ0) is 12.6. The van der Waals surface area contributed by atoms with Gasteiger partial charge in [0.05, 0.1) is 0 Å². The fourth-order valence-corrected chi connectivity index (χ4v) is 0.952. The van der Waals surface area contributed by atoms with Crippen LogP contribution in [-0.2, 0) is 4.79 Å². The number of rotatable bonds is 2. The van der Waals surface area contributed by atoms with Gasteiger partial charge in [0, 0.05) is 18.2 Å². The molecule has 1 aromatic rings. The first kappa shape index (κ1) is 14.5. The zero-order valence-corrected chi connectivity index (χ0v) is 10.6. The molecule has 0 aliphatic carbocycles. The van der Waals surface area contributed by atoms with Gasteiger partial charge < -0.3 is 11.1 Å². The van der Waals surface area contributed by atoms with Crippen LogP contribution in [0.25, 0.3) is 0 Å². The van der Waals surface area contributed by atoms with Gasteiger partial charge in [0.1, 0.15) is 0 Å². The molecule has 1 rings (SSSR count). The average Bonchev–Trinajstić information content (AvgIpc) is 2.29. The Morgan fingerprint density at radius 3 is 2.00 bits per heavy atom. The summed E-state index contributed by atoms with van der Waals surface area (Å²) in [5.41, 5.74) is 5.98. The van der Waals surface area contributed by atoms with Crippen LogP contribution in [0.15, 0.2) is 30.3 Å². The van der Waals surface area contributed by atoms with Crippen LogP contribution < -0.4 is 11.1 Å². The highest BCUT2D eigenvalue weighted by atomic mass is 16.2. The van der Waals surface area contributed by atoms with Gasteiger partial charge in [-0.05, 0) is 18.6 Å². The molecule has 0 fully saturated rings. The molecule has 0 heterocycles. The normalized spacial score (nSPS) is 10.0. The second-order valence-electron chi connectivity index (χ2n) is 4.23. The van der Waals surface area contributed by atoms with Crippen molar-refractivity contribution in [2.75, 3.05) is 12.8 Å². The summed E-state index contributed by atoms with van der Waals surface area (Å²) in [6.45, 7) is 5.88. The first-order valence-corrected chi connectivity index (χ1v) is 5.46. The summed E-state index contributed by atoms with van der Waals surface area (Å²) in [5, 5.41) is 2.62. The van der Waals surface area contributed by atoms with Gasteiger partial charge in [-0.25, -0.2) is 0 Å². The molecular formula is C13H22N2O. The van der Waals surface area contributed by atoms with Gasteiger partial charge in [0.15, 0.2) is 0 Å². The highest BCUT2D eigenvalue weighted by Crippen LogP contribution is 2.18. The number of nitrogens with one attached hydrogen (secondary N) is 1. The number of anilines is 1. The molecule has 0 bridgehead atoms. The van der Waals surface area contributed by atoms with E-state index in [-0.39, 0.29) is 11.3 Å². The van der Waals surface area contributed by atoms with Gasteiger partial charge >= 0.3 is 0 Å². The highest BCUT2D eigenvalue weighted by molar-refractivity contribution is 5.81. The van der Waals surface area contributed by atoms with Gasteiger partial charge in [0.25, 0.3) is 0 Å². The van der Waals surface area contributed by atoms with Crippen LogP contribution in [0.5, 0.6) is 0 Å². The fourth-order valence-electron chi connectivity index (χ4n) is 0.952. The van der Waals surface area contributed by atoms with Gasteiger partial charge in [-0.2, -0.15) is 0 Å². The monoisotopic (exact) mass is 222 g/mol. The van der Waals surface area contributed by atoms with Gasteiger partial charge in [-0.15, -0.1) is 0 Å². The topological polar surface area (TPSA) is 55.1 Å². The maximum Gasteiger partial charge on any atom is 0.225 e. The van der Waals surface area contributed by atoms with Crippen molar-refractivity contribution in [2.24, 2.45) is 5.41 Å². The highest BCUT2D eigenvalue weighted by Gasteiger charge is 2.23. The van der Waals surface area contributed by atoms with Crippen molar-refractivity contribution < 1.29 is 4.79 Å². The molecule has 0 aromatic heterocycles. The third kappa shape index (κ3) is 5.39. The number of hydrogen-bond acceptors (Lipinski definition) is 2. The molecule has 90 valence electrons. The minimum Gasteiger partial charge on any atom is -0.399 e. The number of nitrogens with two attached hydrogens (primary N) is 1. The third-order valence-corrected chi connectivity index (χ3v) is 2.53. The lowest BCUT2D eigenvalue weighted by Crippen LogP contribution is -2.33. The molecule has 0 aliphatic heterocycles. The standard InChI is InChI=1S/C7H15NO.C6H7N/c1-5-7(2,3)6(9)8-4;7-6-4-2-1-3-5-6/h5H2,1-4H3,(H,8,9);1-5H,7H2. The maximum absolute atomic E-state index is 11.0. The summed E-state index contributed by atoms with van der Waals surface area (Å²) in [4.78, 5) is 11.0. The number of hydrogen-bond donors (Lipinski definition) is 2. The van der Waals surface area contributed by atoms with E-state index in [2.05, 4.69) is 5.32 Å². The lowest BCUT2D eigenvalue weighted by molar-refractivity contribution is -0.128. The number of amides is 1. The van der Waals surface area contributed by atoms with Crippen molar-refractivity contribution >= 4 is 11.6 Å². The van der Waals surface area contributed by atoms with Gasteiger partial charge in [0.2, 0.25) is 5.91 Å². The van der Waals surface area contributed by atoms with E-state index in [0.29, 0.717) is 0 Å². The third-order valence-electron chi connectivity index (χ3n) is 2.53. The van der Waals surface area contributed by atoms with E-state index in [1.807, 2.05) is 51.1 Å². The van der Waals surface area contributed by atoms with Crippen molar-refractivity contribution in [3.05, 3.63) is 30.3 Å². The predicted molar refractivity (Wildman–Crippen MR) is 69.0 cm³/mol. The van der Waals surface area contributed by atoms with E-state index in [4.69, 9.17) is 5.73 Å². The summed E-state index contributed by atoms with van der Waals surface area (Å²) in [5.74, 6) is 0.116. The lowest BCUT2D eigenvalue weighted by Gasteiger charge is -2.19. The molecule has 1 aromatic carbocycles. The molecule has 16 heavy (non-hydrogen) atoms. The number of carbonyl (C=O) groups excluding carboxylic acids is 1. The van der Waals surface area contributed by atoms with E-state index in [0.717, 1.165) is 12.1 Å². The fraction of sp³-hybridized carbons (Fsp3) is 0.462. The Balaban J connectivity index is 0.000000288. The van der Waals surface area contributed by atoms with Crippen molar-refractivity contribution in [1.82, 2.24) is 5.32 Å². The molecule has 3 heteroatoms. The van der Waals surface area contributed by atoms with E-state index in [9.17, 15) is 4.79 Å². The largest absolute Gasteiger partial charge is 0.399 e. The van der Waals surface area contributed by atoms with Crippen molar-refractivity contribution in [2.45, 2.75) is 27.2 Å². The number of benzene rings is 1. The molecule has 1 amide bonds. The van der Waals surface area contributed by atoms with Crippen LogP contribution in [0.3, 0.4) is 0 Å². The SMILES string of the molecule is CCC(C)(C)C(=O)NC.Nc1ccccc1. The van der Waals surface area contributed by atoms with Crippen molar-refractivity contribution in [1.29, 1.82) is 0 Å². The van der Waals surface area contributed by atoms with E-state index >= 15 is 0 Å². The van der Waals surface area contributed by atoms with Crippen LogP contribution in [-0.4, -0.2) is 13.0 Å². The molecule has 3 nitrogen and oxygen atoms in total. The smallest absolute Gasteiger partial charge is 0.225 e. The molecule has 0 spiro atoms. The molecule has 0 aliphatic rings. The van der Waals surface area contributed by atoms with Crippen molar-refractivity contribution in [3.8, 4) is 0 Å². The molecular weight excluding hydrogens is 200 g/mol. The number of nitrogen functional groups attached to an aromatic ring is 1. The lowest BCUT2D eigenvalue weighted by atomic mass is 9.89.